The van der Waals surface area contributed by atoms with Crippen LogP contribution in [0.4, 0.5) is 0 Å². The standard InChI is InChI=1S/C24H24N2O3/c1-16-9-4-6-12-20(16)18(3)25-24(28)22(15-19-11-8-14-29-19)26-23(27)21-13-7-5-10-17(21)2/h4-15,18H,1-3H3,(H,25,28)(H,26,27)/b22-15-. The summed E-state index contributed by atoms with van der Waals surface area (Å²) in [6.07, 6.45) is 3.04. The highest BCUT2D eigenvalue weighted by Crippen LogP contribution is 2.18. The Labute approximate surface area is 170 Å². The molecule has 0 saturated carbocycles. The van der Waals surface area contributed by atoms with Gasteiger partial charge in [0.25, 0.3) is 11.8 Å². The molecule has 0 aliphatic rings. The van der Waals surface area contributed by atoms with Gasteiger partial charge in [0, 0.05) is 11.6 Å². The van der Waals surface area contributed by atoms with Gasteiger partial charge < -0.3 is 15.1 Å². The number of hydrogen-bond acceptors (Lipinski definition) is 3. The van der Waals surface area contributed by atoms with Crippen molar-refractivity contribution >= 4 is 17.9 Å². The number of aryl methyl sites for hydroxylation is 2. The van der Waals surface area contributed by atoms with E-state index in [1.807, 2.05) is 57.2 Å². The monoisotopic (exact) mass is 388 g/mol. The fourth-order valence-electron chi connectivity index (χ4n) is 3.12. The maximum absolute atomic E-state index is 13.0. The molecule has 0 aliphatic carbocycles. The van der Waals surface area contributed by atoms with E-state index in [0.29, 0.717) is 11.3 Å². The van der Waals surface area contributed by atoms with Crippen molar-refractivity contribution in [1.82, 2.24) is 10.6 Å². The summed E-state index contributed by atoms with van der Waals surface area (Å²) < 4.78 is 5.33. The molecular formula is C24H24N2O3. The number of benzene rings is 2. The summed E-state index contributed by atoms with van der Waals surface area (Å²) in [4.78, 5) is 25.7. The van der Waals surface area contributed by atoms with Crippen LogP contribution in [-0.4, -0.2) is 11.8 Å². The molecule has 5 heteroatoms. The van der Waals surface area contributed by atoms with Crippen molar-refractivity contribution in [2.75, 3.05) is 0 Å². The fourth-order valence-corrected chi connectivity index (χ4v) is 3.12. The van der Waals surface area contributed by atoms with Crippen molar-refractivity contribution < 1.29 is 14.0 Å². The number of rotatable bonds is 6. The maximum Gasteiger partial charge on any atom is 0.268 e. The second-order valence-corrected chi connectivity index (χ2v) is 6.89. The first kappa shape index (κ1) is 20.1. The molecule has 3 aromatic rings. The van der Waals surface area contributed by atoms with Gasteiger partial charge in [0.15, 0.2) is 0 Å². The van der Waals surface area contributed by atoms with Gasteiger partial charge in [0.05, 0.1) is 12.3 Å². The first-order valence-corrected chi connectivity index (χ1v) is 9.44. The summed E-state index contributed by atoms with van der Waals surface area (Å²) in [7, 11) is 0. The molecule has 0 spiro atoms. The molecule has 2 amide bonds. The molecule has 0 aliphatic heterocycles. The van der Waals surface area contributed by atoms with Crippen LogP contribution in [0.25, 0.3) is 6.08 Å². The SMILES string of the molecule is Cc1ccccc1C(=O)N/C(=C\c1ccco1)C(=O)NC(C)c1ccccc1C. The van der Waals surface area contributed by atoms with Crippen LogP contribution in [0.1, 0.15) is 45.8 Å². The van der Waals surface area contributed by atoms with Gasteiger partial charge in [-0.1, -0.05) is 42.5 Å². The predicted octanol–water partition coefficient (Wildman–Crippen LogP) is 4.54. The number of carbonyl (C=O) groups excluding carboxylic acids is 2. The average Bonchev–Trinajstić information content (AvgIpc) is 3.21. The summed E-state index contributed by atoms with van der Waals surface area (Å²) in [5.41, 5.74) is 3.56. The summed E-state index contributed by atoms with van der Waals surface area (Å²) in [5, 5.41) is 5.69. The summed E-state index contributed by atoms with van der Waals surface area (Å²) in [5.74, 6) is -0.262. The molecule has 5 nitrogen and oxygen atoms in total. The Morgan fingerprint density at radius 2 is 1.62 bits per heavy atom. The van der Waals surface area contributed by atoms with Crippen LogP contribution in [0.3, 0.4) is 0 Å². The van der Waals surface area contributed by atoms with Crippen molar-refractivity contribution in [3.63, 3.8) is 0 Å². The third kappa shape index (κ3) is 5.02. The predicted molar refractivity (Wildman–Crippen MR) is 113 cm³/mol. The highest BCUT2D eigenvalue weighted by molar-refractivity contribution is 6.05. The first-order valence-electron chi connectivity index (χ1n) is 9.44. The molecule has 1 atom stereocenters. The lowest BCUT2D eigenvalue weighted by Crippen LogP contribution is -2.36. The van der Waals surface area contributed by atoms with Crippen LogP contribution < -0.4 is 10.6 Å². The van der Waals surface area contributed by atoms with E-state index >= 15 is 0 Å². The molecule has 1 heterocycles. The van der Waals surface area contributed by atoms with Crippen LogP contribution >= 0.6 is 0 Å². The first-order chi connectivity index (χ1) is 14.0. The minimum atomic E-state index is -0.390. The maximum atomic E-state index is 13.0. The quantitative estimate of drug-likeness (QED) is 0.609. The van der Waals surface area contributed by atoms with Crippen molar-refractivity contribution in [3.05, 3.63) is 101 Å². The molecule has 0 fully saturated rings. The molecule has 3 rings (SSSR count). The second-order valence-electron chi connectivity index (χ2n) is 6.89. The molecule has 148 valence electrons. The molecule has 29 heavy (non-hydrogen) atoms. The van der Waals surface area contributed by atoms with Gasteiger partial charge in [-0.3, -0.25) is 9.59 Å². The molecule has 0 bridgehead atoms. The minimum Gasteiger partial charge on any atom is -0.465 e. The second kappa shape index (κ2) is 9.06. The third-order valence-electron chi connectivity index (χ3n) is 4.71. The van der Waals surface area contributed by atoms with E-state index in [1.54, 1.807) is 24.3 Å². The Balaban J connectivity index is 1.84. The molecule has 1 aromatic heterocycles. The van der Waals surface area contributed by atoms with E-state index in [2.05, 4.69) is 10.6 Å². The Kier molecular flexibility index (Phi) is 6.29. The molecule has 2 aromatic carbocycles. The van der Waals surface area contributed by atoms with E-state index in [-0.39, 0.29) is 23.6 Å². The van der Waals surface area contributed by atoms with Gasteiger partial charge in [-0.05, 0) is 55.7 Å². The highest BCUT2D eigenvalue weighted by Gasteiger charge is 2.19. The van der Waals surface area contributed by atoms with Crippen LogP contribution in [-0.2, 0) is 4.79 Å². The van der Waals surface area contributed by atoms with Gasteiger partial charge in [-0.25, -0.2) is 0 Å². The smallest absolute Gasteiger partial charge is 0.268 e. The van der Waals surface area contributed by atoms with Crippen molar-refractivity contribution in [2.24, 2.45) is 0 Å². The topological polar surface area (TPSA) is 71.3 Å². The highest BCUT2D eigenvalue weighted by atomic mass is 16.3. The van der Waals surface area contributed by atoms with Gasteiger partial charge in [0.2, 0.25) is 0 Å². The van der Waals surface area contributed by atoms with E-state index in [1.165, 1.54) is 12.3 Å². The molecule has 0 saturated heterocycles. The Bertz CT molecular complexity index is 1040. The zero-order valence-electron chi connectivity index (χ0n) is 16.7. The lowest BCUT2D eigenvalue weighted by Gasteiger charge is -2.18. The number of nitrogens with one attached hydrogen (secondary N) is 2. The van der Waals surface area contributed by atoms with E-state index in [4.69, 9.17) is 4.42 Å². The summed E-state index contributed by atoms with van der Waals surface area (Å²) in [6, 6.07) is 18.3. The summed E-state index contributed by atoms with van der Waals surface area (Å²) >= 11 is 0. The van der Waals surface area contributed by atoms with Crippen LogP contribution in [0, 0.1) is 13.8 Å². The van der Waals surface area contributed by atoms with Crippen LogP contribution in [0.2, 0.25) is 0 Å². The zero-order valence-corrected chi connectivity index (χ0v) is 16.7. The fraction of sp³-hybridized carbons (Fsp3) is 0.167. The van der Waals surface area contributed by atoms with Crippen LogP contribution in [0.15, 0.2) is 77.0 Å². The largest absolute Gasteiger partial charge is 0.465 e. The molecular weight excluding hydrogens is 364 g/mol. The Morgan fingerprint density at radius 3 is 2.28 bits per heavy atom. The number of furan rings is 1. The number of amides is 2. The number of hydrogen-bond donors (Lipinski definition) is 2. The molecule has 1 unspecified atom stereocenters. The van der Waals surface area contributed by atoms with Gasteiger partial charge in [0.1, 0.15) is 11.5 Å². The average molecular weight is 388 g/mol. The van der Waals surface area contributed by atoms with E-state index < -0.39 is 0 Å². The van der Waals surface area contributed by atoms with Gasteiger partial charge in [-0.15, -0.1) is 0 Å². The lowest BCUT2D eigenvalue weighted by atomic mass is 10.0. The number of carbonyl (C=O) groups is 2. The van der Waals surface area contributed by atoms with Crippen molar-refractivity contribution in [3.8, 4) is 0 Å². The minimum absolute atomic E-state index is 0.119. The summed E-state index contributed by atoms with van der Waals surface area (Å²) in [6.45, 7) is 5.76. The normalized spacial score (nSPS) is 12.3. The molecule has 2 N–H and O–H groups in total. The third-order valence-corrected chi connectivity index (χ3v) is 4.71. The zero-order chi connectivity index (χ0) is 20.8. The van der Waals surface area contributed by atoms with Crippen LogP contribution in [0.5, 0.6) is 0 Å². The van der Waals surface area contributed by atoms with Crippen molar-refractivity contribution in [1.29, 1.82) is 0 Å². The van der Waals surface area contributed by atoms with E-state index in [9.17, 15) is 9.59 Å². The lowest BCUT2D eigenvalue weighted by molar-refractivity contribution is -0.118. The Morgan fingerprint density at radius 1 is 0.931 bits per heavy atom. The van der Waals surface area contributed by atoms with Crippen molar-refractivity contribution in [2.45, 2.75) is 26.8 Å². The molecule has 0 radical (unpaired) electrons. The van der Waals surface area contributed by atoms with Gasteiger partial charge in [-0.2, -0.15) is 0 Å². The Hall–Kier alpha value is -3.60. The van der Waals surface area contributed by atoms with E-state index in [0.717, 1.165) is 16.7 Å². The van der Waals surface area contributed by atoms with Gasteiger partial charge >= 0.3 is 0 Å².